The molecule has 0 radical (unpaired) electrons. The molecule has 1 N–H and O–H groups in total. The highest BCUT2D eigenvalue weighted by Crippen LogP contribution is 2.39. The first-order chi connectivity index (χ1) is 15.1. The predicted molar refractivity (Wildman–Crippen MR) is 119 cm³/mol. The van der Waals surface area contributed by atoms with Gasteiger partial charge in [-0.25, -0.2) is 0 Å². The lowest BCUT2D eigenvalue weighted by Crippen LogP contribution is -2.39. The predicted octanol–water partition coefficient (Wildman–Crippen LogP) is 2.99. The SMILES string of the molecule is O=C1C(=O)N(CCCN2CCOCC2)[C@@H](c2cccnc2)/C1=C(\O)c1ccc(Br)cc1. The minimum atomic E-state index is -0.666. The zero-order valence-electron chi connectivity index (χ0n) is 17.0. The Kier molecular flexibility index (Phi) is 6.80. The van der Waals surface area contributed by atoms with E-state index >= 15 is 0 Å². The fourth-order valence-corrected chi connectivity index (χ4v) is 4.31. The van der Waals surface area contributed by atoms with E-state index in [0.717, 1.165) is 30.5 Å². The quantitative estimate of drug-likeness (QED) is 0.384. The van der Waals surface area contributed by atoms with Crippen molar-refractivity contribution in [2.75, 3.05) is 39.4 Å². The summed E-state index contributed by atoms with van der Waals surface area (Å²) in [7, 11) is 0. The van der Waals surface area contributed by atoms with Crippen LogP contribution in [0.25, 0.3) is 5.76 Å². The number of ether oxygens (including phenoxy) is 1. The lowest BCUT2D eigenvalue weighted by molar-refractivity contribution is -0.140. The van der Waals surface area contributed by atoms with E-state index in [1.54, 1.807) is 47.6 Å². The van der Waals surface area contributed by atoms with Gasteiger partial charge >= 0.3 is 0 Å². The van der Waals surface area contributed by atoms with E-state index in [0.29, 0.717) is 30.9 Å². The van der Waals surface area contributed by atoms with Crippen LogP contribution in [0.2, 0.25) is 0 Å². The topological polar surface area (TPSA) is 83.0 Å². The van der Waals surface area contributed by atoms with Gasteiger partial charge in [0.1, 0.15) is 5.76 Å². The van der Waals surface area contributed by atoms with Gasteiger partial charge < -0.3 is 14.7 Å². The molecule has 4 rings (SSSR count). The number of carbonyl (C=O) groups excluding carboxylic acids is 2. The number of morpholine rings is 1. The van der Waals surface area contributed by atoms with Gasteiger partial charge in [-0.15, -0.1) is 0 Å². The van der Waals surface area contributed by atoms with Gasteiger partial charge in [-0.3, -0.25) is 19.5 Å². The van der Waals surface area contributed by atoms with Gasteiger partial charge in [0.15, 0.2) is 0 Å². The van der Waals surface area contributed by atoms with Crippen LogP contribution in [0.1, 0.15) is 23.6 Å². The number of aliphatic hydroxyl groups excluding tert-OH is 1. The number of hydrogen-bond acceptors (Lipinski definition) is 6. The van der Waals surface area contributed by atoms with Crippen LogP contribution < -0.4 is 0 Å². The number of ketones is 1. The third-order valence-electron chi connectivity index (χ3n) is 5.63. The third-order valence-corrected chi connectivity index (χ3v) is 6.16. The maximum atomic E-state index is 13.0. The van der Waals surface area contributed by atoms with Crippen molar-refractivity contribution in [2.45, 2.75) is 12.5 Å². The maximum absolute atomic E-state index is 13.0. The largest absolute Gasteiger partial charge is 0.507 e. The van der Waals surface area contributed by atoms with Crippen molar-refractivity contribution in [3.8, 4) is 0 Å². The van der Waals surface area contributed by atoms with Gasteiger partial charge in [0.05, 0.1) is 24.8 Å². The van der Waals surface area contributed by atoms with E-state index in [2.05, 4.69) is 25.8 Å². The Balaban J connectivity index is 1.64. The molecule has 2 saturated heterocycles. The van der Waals surface area contributed by atoms with E-state index in [9.17, 15) is 14.7 Å². The minimum absolute atomic E-state index is 0.103. The Hall–Kier alpha value is -2.55. The number of amides is 1. The van der Waals surface area contributed by atoms with Crippen molar-refractivity contribution in [3.05, 3.63) is 70.0 Å². The zero-order valence-corrected chi connectivity index (χ0v) is 18.6. The number of Topliss-reactive ketones (excluding diaryl/α,β-unsaturated/α-hetero) is 1. The summed E-state index contributed by atoms with van der Waals surface area (Å²) in [6.07, 6.45) is 4.01. The summed E-state index contributed by atoms with van der Waals surface area (Å²) in [5.41, 5.74) is 1.29. The molecule has 8 heteroatoms. The standard InChI is InChI=1S/C23H24BrN3O4/c24-18-6-4-16(5-7-18)21(28)19-20(17-3-1-8-25-15-17)27(23(30)22(19)29)10-2-9-26-11-13-31-14-12-26/h1,3-8,15,20,28H,2,9-14H2/b21-19+/t20-/m0/s1. The highest BCUT2D eigenvalue weighted by atomic mass is 79.9. The van der Waals surface area contributed by atoms with Crippen molar-refractivity contribution in [3.63, 3.8) is 0 Å². The van der Waals surface area contributed by atoms with E-state index < -0.39 is 17.7 Å². The fourth-order valence-electron chi connectivity index (χ4n) is 4.05. The Bertz CT molecular complexity index is 972. The monoisotopic (exact) mass is 485 g/mol. The van der Waals surface area contributed by atoms with Crippen LogP contribution >= 0.6 is 15.9 Å². The summed E-state index contributed by atoms with van der Waals surface area (Å²) < 4.78 is 6.24. The molecule has 31 heavy (non-hydrogen) atoms. The van der Waals surface area contributed by atoms with Crippen molar-refractivity contribution in [2.24, 2.45) is 0 Å². The smallest absolute Gasteiger partial charge is 0.295 e. The van der Waals surface area contributed by atoms with Gasteiger partial charge in [0.25, 0.3) is 11.7 Å². The van der Waals surface area contributed by atoms with Gasteiger partial charge in [0.2, 0.25) is 0 Å². The number of carbonyl (C=O) groups is 2. The van der Waals surface area contributed by atoms with E-state index in [-0.39, 0.29) is 11.3 Å². The minimum Gasteiger partial charge on any atom is -0.507 e. The molecule has 2 aromatic rings. The van der Waals surface area contributed by atoms with Crippen molar-refractivity contribution in [1.29, 1.82) is 0 Å². The average molecular weight is 486 g/mol. The number of aliphatic hydroxyl groups is 1. The summed E-state index contributed by atoms with van der Waals surface area (Å²) >= 11 is 3.37. The molecule has 2 aliphatic rings. The summed E-state index contributed by atoms with van der Waals surface area (Å²) in [5.74, 6) is -1.43. The van der Waals surface area contributed by atoms with E-state index in [1.807, 2.05) is 6.07 Å². The van der Waals surface area contributed by atoms with Crippen molar-refractivity contribution < 1.29 is 19.4 Å². The molecule has 7 nitrogen and oxygen atoms in total. The third kappa shape index (κ3) is 4.71. The van der Waals surface area contributed by atoms with Crippen LogP contribution in [0, 0.1) is 0 Å². The first kappa shape index (κ1) is 21.7. The van der Waals surface area contributed by atoms with E-state index in [1.165, 1.54) is 0 Å². The molecule has 0 aliphatic carbocycles. The number of aromatic nitrogens is 1. The highest BCUT2D eigenvalue weighted by Gasteiger charge is 2.45. The molecule has 0 unspecified atom stereocenters. The molecule has 1 aromatic carbocycles. The first-order valence-electron chi connectivity index (χ1n) is 10.3. The van der Waals surface area contributed by atoms with Gasteiger partial charge in [0, 0.05) is 48.6 Å². The molecule has 0 spiro atoms. The number of halogens is 1. The summed E-state index contributed by atoms with van der Waals surface area (Å²) in [6.45, 7) is 4.40. The van der Waals surface area contributed by atoms with Crippen LogP contribution in [0.15, 0.2) is 58.8 Å². The number of rotatable bonds is 6. The molecule has 3 heterocycles. The highest BCUT2D eigenvalue weighted by molar-refractivity contribution is 9.10. The van der Waals surface area contributed by atoms with Crippen molar-refractivity contribution >= 4 is 33.4 Å². The Morgan fingerprint density at radius 3 is 2.55 bits per heavy atom. The number of benzene rings is 1. The second kappa shape index (κ2) is 9.72. The first-order valence-corrected chi connectivity index (χ1v) is 11.1. The number of hydrogen-bond donors (Lipinski definition) is 1. The zero-order chi connectivity index (χ0) is 21.8. The molecular weight excluding hydrogens is 462 g/mol. The Labute approximate surface area is 189 Å². The van der Waals surface area contributed by atoms with Crippen LogP contribution in [0.5, 0.6) is 0 Å². The lowest BCUT2D eigenvalue weighted by atomic mass is 9.96. The molecule has 0 saturated carbocycles. The molecular formula is C23H24BrN3O4. The molecule has 0 bridgehead atoms. The van der Waals surface area contributed by atoms with E-state index in [4.69, 9.17) is 4.74 Å². The molecule has 2 aliphatic heterocycles. The number of pyridine rings is 1. The van der Waals surface area contributed by atoms with Crippen LogP contribution in [-0.2, 0) is 14.3 Å². The summed E-state index contributed by atoms with van der Waals surface area (Å²) in [6, 6.07) is 9.92. The summed E-state index contributed by atoms with van der Waals surface area (Å²) in [5, 5.41) is 11.0. The van der Waals surface area contributed by atoms with Gasteiger partial charge in [-0.1, -0.05) is 34.1 Å². The maximum Gasteiger partial charge on any atom is 0.295 e. The summed E-state index contributed by atoms with van der Waals surface area (Å²) in [4.78, 5) is 33.9. The van der Waals surface area contributed by atoms with Gasteiger partial charge in [-0.2, -0.15) is 0 Å². The van der Waals surface area contributed by atoms with Crippen LogP contribution in [-0.4, -0.2) is 71.0 Å². The molecule has 162 valence electrons. The van der Waals surface area contributed by atoms with Crippen LogP contribution in [0.3, 0.4) is 0 Å². The molecule has 1 amide bonds. The fraction of sp³-hybridized carbons (Fsp3) is 0.348. The normalized spacial score (nSPS) is 21.6. The molecule has 2 fully saturated rings. The second-order valence-electron chi connectivity index (χ2n) is 7.59. The van der Waals surface area contributed by atoms with Crippen LogP contribution in [0.4, 0.5) is 0 Å². The molecule has 1 aromatic heterocycles. The lowest BCUT2D eigenvalue weighted by Gasteiger charge is -2.29. The Morgan fingerprint density at radius 2 is 1.87 bits per heavy atom. The average Bonchev–Trinajstić information content (AvgIpc) is 3.05. The number of likely N-dealkylation sites (tertiary alicyclic amines) is 1. The van der Waals surface area contributed by atoms with Crippen molar-refractivity contribution in [1.82, 2.24) is 14.8 Å². The number of nitrogens with zero attached hydrogens (tertiary/aromatic N) is 3. The molecule has 1 atom stereocenters. The van der Waals surface area contributed by atoms with Gasteiger partial charge in [-0.05, 0) is 30.2 Å². The second-order valence-corrected chi connectivity index (χ2v) is 8.51. The Morgan fingerprint density at radius 1 is 1.13 bits per heavy atom.